The Morgan fingerprint density at radius 2 is 1.04 bits per heavy atom. The fraction of sp³-hybridized carbons (Fsp3) is 0.0435. The highest BCUT2D eigenvalue weighted by Crippen LogP contribution is 2.59. The summed E-state index contributed by atoms with van der Waals surface area (Å²) in [4.78, 5) is 2.63. The monoisotopic (exact) mass is 623 g/mol. The summed E-state index contributed by atoms with van der Waals surface area (Å²) < 4.78 is 4.83. The summed E-state index contributed by atoms with van der Waals surface area (Å²) in [5, 5.41) is 7.80. The Kier molecular flexibility index (Phi) is 4.82. The van der Waals surface area contributed by atoms with Gasteiger partial charge in [0.1, 0.15) is 0 Å². The van der Waals surface area contributed by atoms with Gasteiger partial charge in [-0.1, -0.05) is 109 Å². The highest BCUT2D eigenvalue weighted by molar-refractivity contribution is 6.24. The highest BCUT2D eigenvalue weighted by Gasteiger charge is 2.47. The molecule has 0 radical (unpaired) electrons. The molecule has 0 saturated carbocycles. The molecule has 2 aliphatic heterocycles. The molecule has 2 atom stereocenters. The van der Waals surface area contributed by atoms with Crippen molar-refractivity contribution >= 4 is 71.3 Å². The fourth-order valence-electron chi connectivity index (χ4n) is 9.48. The van der Waals surface area contributed by atoms with Crippen molar-refractivity contribution in [1.82, 2.24) is 9.13 Å². The van der Waals surface area contributed by atoms with Crippen LogP contribution in [0.5, 0.6) is 0 Å². The standard InChI is InChI=1S/C46H29N3/c1-5-16-39-30(10-1)31-11-2-6-17-40(31)47(39)28-20-22-29(23-21-28)48-42-19-8-4-13-38(42)44-33-24-25-37-35-15-9-14-34-32-12-3-7-18-41(32)49(45(34)35)46(37)36(33)26-27-43(44)48/h1-27,35,45H. The number of nitrogens with zero attached hydrogens (tertiary/aromatic N) is 3. The van der Waals surface area contributed by atoms with Gasteiger partial charge in [0, 0.05) is 55.5 Å². The van der Waals surface area contributed by atoms with Gasteiger partial charge in [0.15, 0.2) is 0 Å². The van der Waals surface area contributed by atoms with Crippen LogP contribution in [-0.4, -0.2) is 15.2 Å². The molecule has 7 aromatic carbocycles. The van der Waals surface area contributed by atoms with Crippen LogP contribution in [0.1, 0.15) is 17.0 Å². The molecule has 12 rings (SSSR count). The maximum absolute atomic E-state index is 2.63. The second-order valence-corrected chi connectivity index (χ2v) is 13.7. The van der Waals surface area contributed by atoms with E-state index in [1.165, 1.54) is 82.5 Å². The number of aromatic nitrogens is 2. The van der Waals surface area contributed by atoms with Crippen molar-refractivity contribution in [2.45, 2.75) is 12.0 Å². The van der Waals surface area contributed by atoms with Crippen molar-refractivity contribution in [3.05, 3.63) is 175 Å². The molecular weight excluding hydrogens is 595 g/mol. The number of benzene rings is 7. The number of hydrogen-bond acceptors (Lipinski definition) is 1. The number of anilines is 2. The number of allylic oxidation sites excluding steroid dienone is 2. The average Bonchev–Trinajstić information content (AvgIpc) is 3.89. The first-order valence-electron chi connectivity index (χ1n) is 17.2. The number of rotatable bonds is 2. The van der Waals surface area contributed by atoms with Crippen LogP contribution in [0.25, 0.3) is 71.3 Å². The predicted octanol–water partition coefficient (Wildman–Crippen LogP) is 11.6. The van der Waals surface area contributed by atoms with E-state index >= 15 is 0 Å². The van der Waals surface area contributed by atoms with Gasteiger partial charge in [-0.25, -0.2) is 0 Å². The molecule has 2 aromatic heterocycles. The van der Waals surface area contributed by atoms with Gasteiger partial charge in [-0.2, -0.15) is 0 Å². The number of para-hydroxylation sites is 4. The maximum atomic E-state index is 2.63. The van der Waals surface area contributed by atoms with Crippen molar-refractivity contribution < 1.29 is 0 Å². The molecule has 2 unspecified atom stereocenters. The molecule has 1 aliphatic carbocycles. The lowest BCUT2D eigenvalue weighted by Gasteiger charge is -2.25. The summed E-state index contributed by atoms with van der Waals surface area (Å²) in [5.41, 5.74) is 14.2. The molecule has 3 nitrogen and oxygen atoms in total. The largest absolute Gasteiger partial charge is 0.332 e. The molecule has 0 spiro atoms. The molecule has 3 heteroatoms. The van der Waals surface area contributed by atoms with Crippen molar-refractivity contribution in [1.29, 1.82) is 0 Å². The topological polar surface area (TPSA) is 13.1 Å². The molecule has 0 N–H and O–H groups in total. The first-order valence-corrected chi connectivity index (χ1v) is 17.2. The van der Waals surface area contributed by atoms with Crippen LogP contribution < -0.4 is 4.90 Å². The molecule has 4 heterocycles. The Labute approximate surface area is 282 Å². The van der Waals surface area contributed by atoms with E-state index in [2.05, 4.69) is 178 Å². The second kappa shape index (κ2) is 9.18. The van der Waals surface area contributed by atoms with E-state index in [4.69, 9.17) is 0 Å². The Bertz CT molecular complexity index is 2900. The van der Waals surface area contributed by atoms with E-state index in [0.29, 0.717) is 12.0 Å². The zero-order valence-electron chi connectivity index (χ0n) is 26.6. The lowest BCUT2D eigenvalue weighted by Crippen LogP contribution is -2.26. The number of fused-ring (bicyclic) bond motifs is 15. The normalized spacial score (nSPS) is 17.4. The van der Waals surface area contributed by atoms with Crippen LogP contribution in [0.4, 0.5) is 11.4 Å². The summed E-state index contributed by atoms with van der Waals surface area (Å²) in [7, 11) is 0. The minimum absolute atomic E-state index is 0.327. The van der Waals surface area contributed by atoms with Gasteiger partial charge < -0.3 is 14.0 Å². The van der Waals surface area contributed by atoms with Crippen molar-refractivity contribution in [3.8, 4) is 11.4 Å². The van der Waals surface area contributed by atoms with Gasteiger partial charge in [0.2, 0.25) is 0 Å². The third-order valence-electron chi connectivity index (χ3n) is 11.4. The Balaban J connectivity index is 1.08. The van der Waals surface area contributed by atoms with Crippen LogP contribution in [0, 0.1) is 0 Å². The van der Waals surface area contributed by atoms with E-state index < -0.39 is 0 Å². The van der Waals surface area contributed by atoms with Gasteiger partial charge in [-0.05, 0) is 71.1 Å². The third-order valence-corrected chi connectivity index (χ3v) is 11.4. The van der Waals surface area contributed by atoms with E-state index in [1.54, 1.807) is 0 Å². The summed E-state index contributed by atoms with van der Waals surface area (Å²) in [6, 6.07) is 54.2. The molecule has 9 aromatic rings. The minimum atomic E-state index is 0.327. The van der Waals surface area contributed by atoms with Crippen LogP contribution in [0.3, 0.4) is 0 Å². The van der Waals surface area contributed by atoms with Crippen LogP contribution in [0.15, 0.2) is 164 Å². The lowest BCUT2D eigenvalue weighted by atomic mass is 9.84. The number of hydrogen-bond donors (Lipinski definition) is 0. The fourth-order valence-corrected chi connectivity index (χ4v) is 9.48. The first-order chi connectivity index (χ1) is 24.3. The van der Waals surface area contributed by atoms with Crippen LogP contribution in [0.2, 0.25) is 0 Å². The van der Waals surface area contributed by atoms with Gasteiger partial charge in [-0.15, -0.1) is 0 Å². The average molecular weight is 624 g/mol. The maximum Gasteiger partial charge on any atom is 0.0702 e. The Hall–Kier alpha value is -6.32. The SMILES string of the molecule is C1=CC2c3ccc4c(ccc5c4c4ccccc4n5-c4ccc(-n5c6ccccc6c6ccccc65)cc4)c3N3c4ccccc4C(=C1)C23. The molecule has 3 aliphatic rings. The van der Waals surface area contributed by atoms with Crippen molar-refractivity contribution in [2.75, 3.05) is 4.90 Å². The molecule has 49 heavy (non-hydrogen) atoms. The van der Waals surface area contributed by atoms with E-state index in [0.717, 1.165) is 11.4 Å². The van der Waals surface area contributed by atoms with Gasteiger partial charge in [0.05, 0.1) is 33.8 Å². The molecule has 228 valence electrons. The summed E-state index contributed by atoms with van der Waals surface area (Å²) in [6.45, 7) is 0. The van der Waals surface area contributed by atoms with E-state index in [9.17, 15) is 0 Å². The van der Waals surface area contributed by atoms with Crippen molar-refractivity contribution in [2.24, 2.45) is 0 Å². The summed E-state index contributed by atoms with van der Waals surface area (Å²) in [5.74, 6) is 0.358. The van der Waals surface area contributed by atoms with Gasteiger partial charge >= 0.3 is 0 Å². The van der Waals surface area contributed by atoms with E-state index in [1.807, 2.05) is 0 Å². The van der Waals surface area contributed by atoms with E-state index in [-0.39, 0.29) is 0 Å². The summed E-state index contributed by atoms with van der Waals surface area (Å²) in [6.07, 6.45) is 6.99. The first kappa shape index (κ1) is 25.7. The quantitative estimate of drug-likeness (QED) is 0.187. The molecule has 0 amide bonds. The smallest absolute Gasteiger partial charge is 0.0702 e. The minimum Gasteiger partial charge on any atom is -0.332 e. The molecular formula is C46H29N3. The molecule has 0 fully saturated rings. The summed E-state index contributed by atoms with van der Waals surface area (Å²) >= 11 is 0. The predicted molar refractivity (Wildman–Crippen MR) is 205 cm³/mol. The zero-order valence-corrected chi connectivity index (χ0v) is 26.6. The van der Waals surface area contributed by atoms with Crippen molar-refractivity contribution in [3.63, 3.8) is 0 Å². The van der Waals surface area contributed by atoms with Gasteiger partial charge in [-0.3, -0.25) is 0 Å². The lowest BCUT2D eigenvalue weighted by molar-refractivity contribution is 0.782. The Morgan fingerprint density at radius 1 is 0.449 bits per heavy atom. The second-order valence-electron chi connectivity index (χ2n) is 13.7. The third kappa shape index (κ3) is 3.18. The zero-order chi connectivity index (χ0) is 31.8. The molecule has 0 saturated heterocycles. The van der Waals surface area contributed by atoms with Crippen LogP contribution in [-0.2, 0) is 0 Å². The van der Waals surface area contributed by atoms with Gasteiger partial charge in [0.25, 0.3) is 0 Å². The van der Waals surface area contributed by atoms with Crippen LogP contribution >= 0.6 is 0 Å². The molecule has 0 bridgehead atoms. The highest BCUT2D eigenvalue weighted by atomic mass is 15.2. The Morgan fingerprint density at radius 3 is 1.78 bits per heavy atom.